The Morgan fingerprint density at radius 1 is 1.17 bits per heavy atom. The van der Waals surface area contributed by atoms with Crippen molar-refractivity contribution in [2.75, 3.05) is 18.0 Å². The van der Waals surface area contributed by atoms with Gasteiger partial charge in [0.25, 0.3) is 0 Å². The summed E-state index contributed by atoms with van der Waals surface area (Å²) in [5.41, 5.74) is 15.0. The minimum Gasteiger partial charge on any atom is -0.369 e. The number of ketones is 1. The van der Waals surface area contributed by atoms with E-state index in [-0.39, 0.29) is 24.1 Å². The Kier molecular flexibility index (Phi) is 6.99. The smallest absolute Gasteiger partial charge is 0.185 e. The number of aromatic nitrogens is 2. The summed E-state index contributed by atoms with van der Waals surface area (Å²) < 4.78 is 42.8. The number of halogens is 3. The van der Waals surface area contributed by atoms with E-state index >= 15 is 0 Å². The van der Waals surface area contributed by atoms with Crippen LogP contribution in [0.1, 0.15) is 23.0 Å². The highest BCUT2D eigenvalue weighted by Crippen LogP contribution is 2.29. The number of benzene rings is 1. The second kappa shape index (κ2) is 10.1. The fourth-order valence-electron chi connectivity index (χ4n) is 4.40. The van der Waals surface area contributed by atoms with Crippen LogP contribution in [0, 0.1) is 23.4 Å². The molecule has 8 nitrogen and oxygen atoms in total. The number of carbonyl (C=O) groups is 1. The summed E-state index contributed by atoms with van der Waals surface area (Å²) in [5, 5.41) is 3.81. The lowest BCUT2D eigenvalue weighted by atomic mass is 9.90. The van der Waals surface area contributed by atoms with Crippen LogP contribution in [0.2, 0.25) is 0 Å². The Bertz CT molecular complexity index is 1280. The highest BCUT2D eigenvalue weighted by molar-refractivity contribution is 5.97. The van der Waals surface area contributed by atoms with E-state index in [2.05, 4.69) is 20.0 Å². The van der Waals surface area contributed by atoms with Crippen molar-refractivity contribution in [2.45, 2.75) is 25.4 Å². The minimum absolute atomic E-state index is 0.0247. The molecular formula is C24H22F3N7O. The second-order valence-electron chi connectivity index (χ2n) is 8.47. The van der Waals surface area contributed by atoms with Gasteiger partial charge < -0.3 is 10.6 Å². The molecule has 3 atom stereocenters. The molecule has 1 fully saturated rings. The number of Topliss-reactive ketones (excluding diaryl/α,β-unsaturated/α-hetero) is 1. The first-order valence-corrected chi connectivity index (χ1v) is 10.9. The van der Waals surface area contributed by atoms with Crippen molar-refractivity contribution in [3.8, 4) is 11.3 Å². The summed E-state index contributed by atoms with van der Waals surface area (Å²) in [6.07, 6.45) is 3.01. The third-order valence-electron chi connectivity index (χ3n) is 6.05. The summed E-state index contributed by atoms with van der Waals surface area (Å²) in [6, 6.07) is 6.31. The number of hydrogen-bond acceptors (Lipinski definition) is 6. The number of azide groups is 1. The van der Waals surface area contributed by atoms with E-state index in [0.29, 0.717) is 18.7 Å². The van der Waals surface area contributed by atoms with E-state index < -0.39 is 40.5 Å². The molecule has 1 saturated heterocycles. The van der Waals surface area contributed by atoms with Crippen LogP contribution in [-0.2, 0) is 6.42 Å². The highest BCUT2D eigenvalue weighted by Gasteiger charge is 2.32. The van der Waals surface area contributed by atoms with Gasteiger partial charge in [-0.3, -0.25) is 9.78 Å². The largest absolute Gasteiger partial charge is 0.369 e. The van der Waals surface area contributed by atoms with Gasteiger partial charge in [-0.15, -0.1) is 0 Å². The molecule has 180 valence electrons. The lowest BCUT2D eigenvalue weighted by Crippen LogP contribution is -2.55. The van der Waals surface area contributed by atoms with Crippen molar-refractivity contribution in [1.82, 2.24) is 9.97 Å². The van der Waals surface area contributed by atoms with Gasteiger partial charge in [0.05, 0.1) is 11.6 Å². The minimum atomic E-state index is -0.981. The zero-order valence-corrected chi connectivity index (χ0v) is 18.8. The van der Waals surface area contributed by atoms with Crippen LogP contribution in [0.3, 0.4) is 0 Å². The van der Waals surface area contributed by atoms with E-state index in [9.17, 15) is 18.0 Å². The number of carbonyl (C=O) groups excluding carboxylic acids is 1. The van der Waals surface area contributed by atoms with E-state index in [1.165, 1.54) is 6.07 Å². The summed E-state index contributed by atoms with van der Waals surface area (Å²) in [4.78, 5) is 26.0. The van der Waals surface area contributed by atoms with Crippen LogP contribution in [0.5, 0.6) is 0 Å². The maximum atomic E-state index is 14.4. The summed E-state index contributed by atoms with van der Waals surface area (Å²) >= 11 is 0. The van der Waals surface area contributed by atoms with Gasteiger partial charge in [-0.05, 0) is 41.8 Å². The quantitative estimate of drug-likeness (QED) is 0.241. The maximum Gasteiger partial charge on any atom is 0.185 e. The van der Waals surface area contributed by atoms with Crippen molar-refractivity contribution in [2.24, 2.45) is 16.8 Å². The number of rotatable bonds is 6. The Morgan fingerprint density at radius 3 is 2.60 bits per heavy atom. The van der Waals surface area contributed by atoms with Gasteiger partial charge in [0.2, 0.25) is 0 Å². The van der Waals surface area contributed by atoms with E-state index in [0.717, 1.165) is 30.0 Å². The molecule has 0 radical (unpaired) electrons. The molecule has 2 aromatic heterocycles. The van der Waals surface area contributed by atoms with Crippen LogP contribution < -0.4 is 10.6 Å². The van der Waals surface area contributed by atoms with Gasteiger partial charge in [-0.2, -0.15) is 0 Å². The van der Waals surface area contributed by atoms with Gasteiger partial charge in [-0.1, -0.05) is 18.1 Å². The molecule has 0 bridgehead atoms. The molecule has 4 rings (SSSR count). The zero-order chi connectivity index (χ0) is 25.1. The zero-order valence-electron chi connectivity index (χ0n) is 18.8. The van der Waals surface area contributed by atoms with Crippen LogP contribution in [-0.4, -0.2) is 40.9 Å². The first kappa shape index (κ1) is 24.2. The first-order valence-electron chi connectivity index (χ1n) is 10.9. The fourth-order valence-corrected chi connectivity index (χ4v) is 4.40. The van der Waals surface area contributed by atoms with Crippen LogP contribution in [0.25, 0.3) is 21.7 Å². The predicted molar refractivity (Wildman–Crippen MR) is 124 cm³/mol. The number of anilines is 1. The topological polar surface area (TPSA) is 121 Å². The van der Waals surface area contributed by atoms with Crippen molar-refractivity contribution in [1.29, 1.82) is 0 Å². The summed E-state index contributed by atoms with van der Waals surface area (Å²) in [5.74, 6) is -3.41. The molecule has 1 aromatic carbocycles. The highest BCUT2D eigenvalue weighted by atomic mass is 19.1. The average molecular weight is 481 g/mol. The molecule has 0 unspecified atom stereocenters. The molecule has 0 aliphatic carbocycles. The van der Waals surface area contributed by atoms with Gasteiger partial charge in [0.15, 0.2) is 5.78 Å². The van der Waals surface area contributed by atoms with Crippen LogP contribution in [0.4, 0.5) is 18.9 Å². The van der Waals surface area contributed by atoms with Crippen LogP contribution >= 0.6 is 0 Å². The van der Waals surface area contributed by atoms with E-state index in [1.807, 2.05) is 11.8 Å². The monoisotopic (exact) mass is 481 g/mol. The molecule has 35 heavy (non-hydrogen) atoms. The number of nitrogens with two attached hydrogens (primary N) is 1. The number of pyridine rings is 2. The van der Waals surface area contributed by atoms with Crippen LogP contribution in [0.15, 0.2) is 53.9 Å². The second-order valence-corrected chi connectivity index (χ2v) is 8.47. The van der Waals surface area contributed by atoms with Gasteiger partial charge >= 0.3 is 0 Å². The number of nitrogens with zero attached hydrogens (tertiary/aromatic N) is 6. The number of piperidine rings is 1. The molecule has 0 amide bonds. The molecule has 2 N–H and O–H groups in total. The molecular weight excluding hydrogens is 459 g/mol. The molecule has 3 aromatic rings. The number of hydrogen-bond donors (Lipinski definition) is 1. The van der Waals surface area contributed by atoms with Gasteiger partial charge in [0, 0.05) is 54.1 Å². The van der Waals surface area contributed by atoms with Crippen molar-refractivity contribution < 1.29 is 18.0 Å². The van der Waals surface area contributed by atoms with E-state index in [1.54, 1.807) is 18.5 Å². The lowest BCUT2D eigenvalue weighted by Gasteiger charge is -2.41. The standard InChI is InChI=1S/C24H22F3N7O/c1-13-11-34(12-18(28)23(13)32-33-29)20-7-8-30-10-14(20)9-21(35)19-6-5-17(27)24(31-19)22-15(25)3-2-4-16(22)26/h2-8,10,13,18,23H,9,11-12,28H2,1H3/t13-,18+,23-/m0/s1. The van der Waals surface area contributed by atoms with Crippen molar-refractivity contribution in [3.05, 3.63) is 87.9 Å². The third kappa shape index (κ3) is 4.96. The summed E-state index contributed by atoms with van der Waals surface area (Å²) in [6.45, 7) is 2.89. The Hall–Kier alpha value is -3.95. The fraction of sp³-hybridized carbons (Fsp3) is 0.292. The molecule has 3 heterocycles. The molecule has 0 spiro atoms. The Morgan fingerprint density at radius 2 is 1.91 bits per heavy atom. The normalized spacial score (nSPS) is 19.8. The Balaban J connectivity index is 1.61. The average Bonchev–Trinajstić information content (AvgIpc) is 2.82. The van der Waals surface area contributed by atoms with Gasteiger partial charge in [-0.25, -0.2) is 18.2 Å². The van der Waals surface area contributed by atoms with Crippen molar-refractivity contribution in [3.63, 3.8) is 0 Å². The maximum absolute atomic E-state index is 14.4. The lowest BCUT2D eigenvalue weighted by molar-refractivity contribution is 0.0988. The molecule has 11 heteroatoms. The first-order chi connectivity index (χ1) is 16.8. The Labute approximate surface area is 199 Å². The molecule has 1 aliphatic rings. The molecule has 0 saturated carbocycles. The van der Waals surface area contributed by atoms with Crippen molar-refractivity contribution >= 4 is 11.5 Å². The SMILES string of the molecule is C[C@H]1CN(c2ccncc2CC(=O)c2ccc(F)c(-c3c(F)cccc3F)n2)C[C@@H](N)[C@H]1N=[N+]=[N-]. The molecule has 1 aliphatic heterocycles. The summed E-state index contributed by atoms with van der Waals surface area (Å²) in [7, 11) is 0. The predicted octanol–water partition coefficient (Wildman–Crippen LogP) is 4.45. The van der Waals surface area contributed by atoms with Gasteiger partial charge in [0.1, 0.15) is 28.8 Å². The van der Waals surface area contributed by atoms with E-state index in [4.69, 9.17) is 11.3 Å². The third-order valence-corrected chi connectivity index (χ3v) is 6.05.